The van der Waals surface area contributed by atoms with Crippen molar-refractivity contribution in [3.63, 3.8) is 0 Å². The number of rotatable bonds is 5. The molecule has 9 heteroatoms. The first kappa shape index (κ1) is 23.3. The van der Waals surface area contributed by atoms with Crippen LogP contribution in [0.2, 0.25) is 10.0 Å². The second-order valence-electron chi connectivity index (χ2n) is 7.29. The number of amides is 2. The summed E-state index contributed by atoms with van der Waals surface area (Å²) in [6.45, 7) is 0.203. The molecule has 3 aromatic rings. The van der Waals surface area contributed by atoms with Gasteiger partial charge in [0, 0.05) is 22.2 Å². The molecule has 1 unspecified atom stereocenters. The van der Waals surface area contributed by atoms with E-state index in [9.17, 15) is 14.0 Å². The summed E-state index contributed by atoms with van der Waals surface area (Å²) in [7, 11) is 0. The number of hydrogen-bond donors (Lipinski definition) is 1. The lowest BCUT2D eigenvalue weighted by Crippen LogP contribution is -2.44. The number of anilines is 1. The van der Waals surface area contributed by atoms with Crippen LogP contribution in [-0.4, -0.2) is 27.1 Å². The molecular formula is C24H18Cl2FN3O2S. The van der Waals surface area contributed by atoms with Crippen LogP contribution in [0, 0.1) is 5.82 Å². The number of hydrogen-bond acceptors (Lipinski definition) is 4. The third kappa shape index (κ3) is 6.13. The molecule has 1 atom stereocenters. The summed E-state index contributed by atoms with van der Waals surface area (Å²) in [5.74, 6) is -0.940. The Balaban J connectivity index is 1.60. The zero-order valence-electron chi connectivity index (χ0n) is 17.2. The molecule has 0 aliphatic carbocycles. The highest BCUT2D eigenvalue weighted by molar-refractivity contribution is 8.15. The van der Waals surface area contributed by atoms with Gasteiger partial charge in [-0.3, -0.25) is 14.5 Å². The van der Waals surface area contributed by atoms with Crippen molar-refractivity contribution in [1.82, 2.24) is 4.90 Å². The Morgan fingerprint density at radius 1 is 1.06 bits per heavy atom. The minimum Gasteiger partial charge on any atom is -0.325 e. The van der Waals surface area contributed by atoms with Gasteiger partial charge in [0.1, 0.15) is 11.1 Å². The fourth-order valence-electron chi connectivity index (χ4n) is 3.21. The molecule has 1 fully saturated rings. The van der Waals surface area contributed by atoms with Gasteiger partial charge in [0.25, 0.3) is 0 Å². The van der Waals surface area contributed by atoms with Crippen molar-refractivity contribution < 1.29 is 14.0 Å². The minimum atomic E-state index is -0.682. The second kappa shape index (κ2) is 10.4. The Bertz CT molecular complexity index is 1220. The van der Waals surface area contributed by atoms with E-state index >= 15 is 0 Å². The fraction of sp³-hybridized carbons (Fsp3) is 0.125. The first-order chi connectivity index (χ1) is 15.9. The van der Waals surface area contributed by atoms with Gasteiger partial charge in [-0.25, -0.2) is 9.38 Å². The summed E-state index contributed by atoms with van der Waals surface area (Å²) < 4.78 is 13.3. The zero-order chi connectivity index (χ0) is 23.4. The molecule has 1 aliphatic rings. The average Bonchev–Trinajstić information content (AvgIpc) is 2.77. The number of thioether (sulfide) groups is 1. The number of nitrogens with zero attached hydrogens (tertiary/aromatic N) is 2. The molecule has 0 spiro atoms. The zero-order valence-corrected chi connectivity index (χ0v) is 19.5. The highest BCUT2D eigenvalue weighted by atomic mass is 35.5. The van der Waals surface area contributed by atoms with Crippen LogP contribution in [-0.2, 0) is 16.1 Å². The summed E-state index contributed by atoms with van der Waals surface area (Å²) in [4.78, 5) is 32.1. The highest BCUT2D eigenvalue weighted by Gasteiger charge is 2.36. The van der Waals surface area contributed by atoms with Crippen LogP contribution in [0.1, 0.15) is 12.0 Å². The lowest BCUT2D eigenvalue weighted by molar-refractivity contribution is -0.129. The maximum absolute atomic E-state index is 13.3. The van der Waals surface area contributed by atoms with Crippen LogP contribution in [0.4, 0.5) is 15.8 Å². The van der Waals surface area contributed by atoms with Crippen molar-refractivity contribution in [2.75, 3.05) is 5.32 Å². The first-order valence-corrected chi connectivity index (χ1v) is 11.6. The lowest BCUT2D eigenvalue weighted by atomic mass is 10.2. The Morgan fingerprint density at radius 2 is 1.76 bits per heavy atom. The smallest absolute Gasteiger partial charge is 0.238 e. The van der Waals surface area contributed by atoms with Crippen LogP contribution in [0.3, 0.4) is 0 Å². The number of carbonyl (C=O) groups excluding carboxylic acids is 2. The number of amidine groups is 1. The van der Waals surface area contributed by atoms with Gasteiger partial charge < -0.3 is 5.32 Å². The monoisotopic (exact) mass is 501 g/mol. The number of nitrogens with one attached hydrogen (secondary N) is 1. The molecule has 2 amide bonds. The molecule has 0 bridgehead atoms. The number of halogens is 3. The van der Waals surface area contributed by atoms with Gasteiger partial charge in [0.15, 0.2) is 5.17 Å². The Labute approximate surface area is 204 Å². The van der Waals surface area contributed by atoms with Gasteiger partial charge in [0.2, 0.25) is 11.8 Å². The molecule has 0 saturated carbocycles. The van der Waals surface area contributed by atoms with E-state index in [0.29, 0.717) is 26.6 Å². The van der Waals surface area contributed by atoms with Crippen LogP contribution in [0.25, 0.3) is 0 Å². The van der Waals surface area contributed by atoms with E-state index in [1.165, 1.54) is 28.8 Å². The average molecular weight is 502 g/mol. The van der Waals surface area contributed by atoms with E-state index in [1.807, 2.05) is 0 Å². The van der Waals surface area contributed by atoms with E-state index in [2.05, 4.69) is 10.3 Å². The standard InChI is InChI=1S/C24H18Cl2FN3O2S/c25-16-3-1-5-19(11-16)28-23(32)21-13-22(31)30(14-15-7-9-18(27)10-8-15)24(33-21)29-20-6-2-4-17(26)12-20/h1-12,21H,13-14H2,(H,28,32). The third-order valence-corrected chi connectivity index (χ3v) is 6.47. The van der Waals surface area contributed by atoms with Crippen molar-refractivity contribution in [3.05, 3.63) is 94.2 Å². The molecule has 1 aliphatic heterocycles. The number of carbonyl (C=O) groups is 2. The molecule has 1 saturated heterocycles. The Morgan fingerprint density at radius 3 is 2.45 bits per heavy atom. The predicted octanol–water partition coefficient (Wildman–Crippen LogP) is 6.29. The van der Waals surface area contributed by atoms with E-state index in [-0.39, 0.29) is 30.6 Å². The first-order valence-electron chi connectivity index (χ1n) is 9.99. The van der Waals surface area contributed by atoms with Crippen molar-refractivity contribution in [2.45, 2.75) is 18.2 Å². The summed E-state index contributed by atoms with van der Waals surface area (Å²) in [6, 6.07) is 19.6. The summed E-state index contributed by atoms with van der Waals surface area (Å²) in [6.07, 6.45) is -0.00712. The fourth-order valence-corrected chi connectivity index (χ4v) is 4.69. The van der Waals surface area contributed by atoms with Crippen molar-refractivity contribution in [3.8, 4) is 0 Å². The van der Waals surface area contributed by atoms with Gasteiger partial charge in [-0.05, 0) is 54.1 Å². The van der Waals surface area contributed by atoms with Crippen LogP contribution >= 0.6 is 35.0 Å². The van der Waals surface area contributed by atoms with E-state index < -0.39 is 5.25 Å². The topological polar surface area (TPSA) is 61.8 Å². The number of aliphatic imine (C=N–C) groups is 1. The molecule has 1 N–H and O–H groups in total. The predicted molar refractivity (Wildman–Crippen MR) is 132 cm³/mol. The number of benzene rings is 3. The van der Waals surface area contributed by atoms with E-state index in [4.69, 9.17) is 23.2 Å². The van der Waals surface area contributed by atoms with E-state index in [0.717, 1.165) is 5.56 Å². The quantitative estimate of drug-likeness (QED) is 0.446. The lowest BCUT2D eigenvalue weighted by Gasteiger charge is -2.32. The van der Waals surface area contributed by atoms with Crippen LogP contribution in [0.15, 0.2) is 77.8 Å². The molecule has 5 nitrogen and oxygen atoms in total. The van der Waals surface area contributed by atoms with Gasteiger partial charge >= 0.3 is 0 Å². The van der Waals surface area contributed by atoms with E-state index in [1.54, 1.807) is 60.7 Å². The largest absolute Gasteiger partial charge is 0.325 e. The van der Waals surface area contributed by atoms with Crippen molar-refractivity contribution in [2.24, 2.45) is 4.99 Å². The maximum Gasteiger partial charge on any atom is 0.238 e. The molecule has 0 radical (unpaired) electrons. The Hall–Kier alpha value is -2.87. The highest BCUT2D eigenvalue weighted by Crippen LogP contribution is 2.31. The van der Waals surface area contributed by atoms with Gasteiger partial charge in [0.05, 0.1) is 12.2 Å². The summed E-state index contributed by atoms with van der Waals surface area (Å²) in [5.41, 5.74) is 1.84. The van der Waals surface area contributed by atoms with Gasteiger partial charge in [-0.2, -0.15) is 0 Å². The van der Waals surface area contributed by atoms with Crippen LogP contribution < -0.4 is 5.32 Å². The van der Waals surface area contributed by atoms with Crippen molar-refractivity contribution >= 4 is 63.3 Å². The SMILES string of the molecule is O=C(Nc1cccc(Cl)c1)C1CC(=O)N(Cc2ccc(F)cc2)C(=Nc2cccc(Cl)c2)S1. The summed E-state index contributed by atoms with van der Waals surface area (Å²) in [5, 5.41) is 3.49. The Kier molecular flexibility index (Phi) is 7.33. The normalized spacial score (nSPS) is 17.3. The third-order valence-electron chi connectivity index (χ3n) is 4.81. The molecule has 168 valence electrons. The van der Waals surface area contributed by atoms with Crippen molar-refractivity contribution in [1.29, 1.82) is 0 Å². The second-order valence-corrected chi connectivity index (χ2v) is 9.33. The molecule has 1 heterocycles. The van der Waals surface area contributed by atoms with Gasteiger partial charge in [-0.15, -0.1) is 0 Å². The van der Waals surface area contributed by atoms with Gasteiger partial charge in [-0.1, -0.05) is 59.2 Å². The molecule has 33 heavy (non-hydrogen) atoms. The summed E-state index contributed by atoms with van der Waals surface area (Å²) >= 11 is 13.3. The molecule has 4 rings (SSSR count). The van der Waals surface area contributed by atoms with Crippen LogP contribution in [0.5, 0.6) is 0 Å². The molecule has 3 aromatic carbocycles. The molecular weight excluding hydrogens is 484 g/mol. The molecule has 0 aromatic heterocycles. The maximum atomic E-state index is 13.3. The minimum absolute atomic E-state index is 0.00712.